The first-order chi connectivity index (χ1) is 10.2. The van der Waals surface area contributed by atoms with E-state index in [1.807, 2.05) is 54.6 Å². The summed E-state index contributed by atoms with van der Waals surface area (Å²) in [5.41, 5.74) is 2.15. The zero-order valence-electron chi connectivity index (χ0n) is 12.1. The normalized spacial score (nSPS) is 10.2. The maximum atomic E-state index is 12.1. The lowest BCUT2D eigenvalue weighted by Gasteiger charge is -2.22. The summed E-state index contributed by atoms with van der Waals surface area (Å²) in [4.78, 5) is 14.1. The zero-order valence-corrected chi connectivity index (χ0v) is 13.6. The van der Waals surface area contributed by atoms with Crippen LogP contribution in [0.15, 0.2) is 59.1 Å². The molecule has 2 aromatic rings. The minimum atomic E-state index is 0.0284. The van der Waals surface area contributed by atoms with Gasteiger partial charge in [0.25, 0.3) is 0 Å². The van der Waals surface area contributed by atoms with Gasteiger partial charge in [-0.1, -0.05) is 46.3 Å². The van der Waals surface area contributed by atoms with E-state index in [1.54, 1.807) is 0 Å². The van der Waals surface area contributed by atoms with Gasteiger partial charge >= 0.3 is 0 Å². The van der Waals surface area contributed by atoms with E-state index < -0.39 is 0 Å². The monoisotopic (exact) mass is 346 g/mol. The Morgan fingerprint density at radius 2 is 1.90 bits per heavy atom. The Labute approximate surface area is 134 Å². The first-order valence-electron chi connectivity index (χ1n) is 7.00. The molecule has 3 nitrogen and oxygen atoms in total. The predicted octanol–water partition coefficient (Wildman–Crippen LogP) is 3.59. The van der Waals surface area contributed by atoms with Gasteiger partial charge in [-0.05, 0) is 36.8 Å². The number of halogens is 1. The van der Waals surface area contributed by atoms with Gasteiger partial charge in [-0.3, -0.25) is 4.79 Å². The molecule has 0 saturated heterocycles. The van der Waals surface area contributed by atoms with E-state index in [0.717, 1.165) is 22.3 Å². The number of hydrogen-bond donors (Lipinski definition) is 1. The average molecular weight is 347 g/mol. The molecular weight excluding hydrogens is 328 g/mol. The van der Waals surface area contributed by atoms with Crippen LogP contribution in [0.5, 0.6) is 0 Å². The van der Waals surface area contributed by atoms with Gasteiger partial charge in [0.15, 0.2) is 0 Å². The fourth-order valence-corrected chi connectivity index (χ4v) is 2.55. The van der Waals surface area contributed by atoms with Crippen molar-refractivity contribution in [2.24, 2.45) is 0 Å². The van der Waals surface area contributed by atoms with Crippen LogP contribution < -0.4 is 10.2 Å². The molecule has 0 aliphatic carbocycles. The Morgan fingerprint density at radius 1 is 1.14 bits per heavy atom. The van der Waals surface area contributed by atoms with Crippen LogP contribution in [0.2, 0.25) is 0 Å². The lowest BCUT2D eigenvalue weighted by atomic mass is 10.2. The van der Waals surface area contributed by atoms with E-state index in [0.29, 0.717) is 13.1 Å². The van der Waals surface area contributed by atoms with Gasteiger partial charge in [-0.15, -0.1) is 0 Å². The molecule has 0 unspecified atom stereocenters. The van der Waals surface area contributed by atoms with Crippen LogP contribution >= 0.6 is 15.9 Å². The van der Waals surface area contributed by atoms with Gasteiger partial charge in [0.05, 0.1) is 6.54 Å². The van der Waals surface area contributed by atoms with E-state index in [-0.39, 0.29) is 5.91 Å². The van der Waals surface area contributed by atoms with E-state index in [1.165, 1.54) is 0 Å². The lowest BCUT2D eigenvalue weighted by molar-refractivity contribution is -0.119. The smallest absolute Gasteiger partial charge is 0.239 e. The van der Waals surface area contributed by atoms with Crippen molar-refractivity contribution in [2.75, 3.05) is 18.0 Å². The number of amides is 1. The van der Waals surface area contributed by atoms with Crippen molar-refractivity contribution in [1.82, 2.24) is 5.32 Å². The Balaban J connectivity index is 1.89. The van der Waals surface area contributed by atoms with Crippen LogP contribution in [0.1, 0.15) is 12.5 Å². The highest BCUT2D eigenvalue weighted by atomic mass is 79.9. The third kappa shape index (κ3) is 4.90. The van der Waals surface area contributed by atoms with E-state index in [2.05, 4.69) is 33.1 Å². The molecule has 0 radical (unpaired) electrons. The quantitative estimate of drug-likeness (QED) is 0.866. The highest BCUT2D eigenvalue weighted by Gasteiger charge is 2.09. The van der Waals surface area contributed by atoms with Crippen molar-refractivity contribution in [3.8, 4) is 0 Å². The Bertz CT molecular complexity index is 586. The molecule has 2 aromatic carbocycles. The van der Waals surface area contributed by atoms with E-state index >= 15 is 0 Å². The fourth-order valence-electron chi connectivity index (χ4n) is 2.10. The molecule has 4 heteroatoms. The van der Waals surface area contributed by atoms with Crippen molar-refractivity contribution < 1.29 is 4.79 Å². The second-order valence-corrected chi connectivity index (χ2v) is 5.67. The van der Waals surface area contributed by atoms with Crippen molar-refractivity contribution in [2.45, 2.75) is 13.5 Å². The molecule has 0 fully saturated rings. The highest BCUT2D eigenvalue weighted by molar-refractivity contribution is 9.10. The highest BCUT2D eigenvalue weighted by Crippen LogP contribution is 2.13. The topological polar surface area (TPSA) is 32.3 Å². The van der Waals surface area contributed by atoms with Crippen molar-refractivity contribution in [3.05, 3.63) is 64.6 Å². The summed E-state index contributed by atoms with van der Waals surface area (Å²) in [6, 6.07) is 17.9. The SMILES string of the molecule is CCN(CC(=O)NCc1cccc(Br)c1)c1ccccc1. The summed E-state index contributed by atoms with van der Waals surface area (Å²) in [5.74, 6) is 0.0284. The van der Waals surface area contributed by atoms with Crippen LogP contribution in [0.4, 0.5) is 5.69 Å². The number of nitrogens with zero attached hydrogens (tertiary/aromatic N) is 1. The van der Waals surface area contributed by atoms with Crippen molar-refractivity contribution in [3.63, 3.8) is 0 Å². The number of carbonyl (C=O) groups excluding carboxylic acids is 1. The molecule has 0 spiro atoms. The van der Waals surface area contributed by atoms with E-state index in [9.17, 15) is 4.79 Å². The molecule has 0 heterocycles. The predicted molar refractivity (Wildman–Crippen MR) is 90.3 cm³/mol. The largest absolute Gasteiger partial charge is 0.363 e. The average Bonchev–Trinajstić information content (AvgIpc) is 2.51. The molecule has 0 bridgehead atoms. The molecule has 0 atom stereocenters. The zero-order chi connectivity index (χ0) is 15.1. The number of likely N-dealkylation sites (N-methyl/N-ethyl adjacent to an activating group) is 1. The Kier molecular flexibility index (Phi) is 5.81. The summed E-state index contributed by atoms with van der Waals surface area (Å²) >= 11 is 3.43. The summed E-state index contributed by atoms with van der Waals surface area (Å²) < 4.78 is 1.02. The third-order valence-electron chi connectivity index (χ3n) is 3.22. The first kappa shape index (κ1) is 15.6. The summed E-state index contributed by atoms with van der Waals surface area (Å²) in [7, 11) is 0. The number of para-hydroxylation sites is 1. The van der Waals surface area contributed by atoms with E-state index in [4.69, 9.17) is 0 Å². The third-order valence-corrected chi connectivity index (χ3v) is 3.71. The number of nitrogens with one attached hydrogen (secondary N) is 1. The minimum Gasteiger partial charge on any atom is -0.363 e. The second kappa shape index (κ2) is 7.84. The number of carbonyl (C=O) groups is 1. The molecule has 2 rings (SSSR count). The maximum absolute atomic E-state index is 12.1. The van der Waals surface area contributed by atoms with Crippen molar-refractivity contribution >= 4 is 27.5 Å². The summed E-state index contributed by atoms with van der Waals surface area (Å²) in [6.07, 6.45) is 0. The Hall–Kier alpha value is -1.81. The molecule has 0 saturated carbocycles. The molecular formula is C17H19BrN2O. The van der Waals surface area contributed by atoms with Gasteiger partial charge in [-0.2, -0.15) is 0 Å². The van der Waals surface area contributed by atoms with Gasteiger partial charge in [0.2, 0.25) is 5.91 Å². The second-order valence-electron chi connectivity index (χ2n) is 4.76. The molecule has 110 valence electrons. The number of hydrogen-bond acceptors (Lipinski definition) is 2. The van der Waals surface area contributed by atoms with Crippen LogP contribution in [0, 0.1) is 0 Å². The minimum absolute atomic E-state index is 0.0284. The van der Waals surface area contributed by atoms with Crippen molar-refractivity contribution in [1.29, 1.82) is 0 Å². The van der Waals surface area contributed by atoms with Gasteiger partial charge < -0.3 is 10.2 Å². The summed E-state index contributed by atoms with van der Waals surface area (Å²) in [6.45, 7) is 3.77. The number of anilines is 1. The molecule has 0 aromatic heterocycles. The molecule has 1 N–H and O–H groups in total. The van der Waals surface area contributed by atoms with Gasteiger partial charge in [0.1, 0.15) is 0 Å². The van der Waals surface area contributed by atoms with Crippen LogP contribution in [0.25, 0.3) is 0 Å². The molecule has 21 heavy (non-hydrogen) atoms. The van der Waals surface area contributed by atoms with Crippen LogP contribution in [-0.4, -0.2) is 19.0 Å². The fraction of sp³-hybridized carbons (Fsp3) is 0.235. The van der Waals surface area contributed by atoms with Crippen LogP contribution in [-0.2, 0) is 11.3 Å². The van der Waals surface area contributed by atoms with Gasteiger partial charge in [-0.25, -0.2) is 0 Å². The standard InChI is InChI=1S/C17H19BrN2O/c1-2-20(16-9-4-3-5-10-16)13-17(21)19-12-14-7-6-8-15(18)11-14/h3-11H,2,12-13H2,1H3,(H,19,21). The number of rotatable bonds is 6. The summed E-state index contributed by atoms with van der Waals surface area (Å²) in [5, 5.41) is 2.96. The van der Waals surface area contributed by atoms with Crippen LogP contribution in [0.3, 0.4) is 0 Å². The lowest BCUT2D eigenvalue weighted by Crippen LogP contribution is -2.36. The number of benzene rings is 2. The first-order valence-corrected chi connectivity index (χ1v) is 7.79. The molecule has 1 amide bonds. The molecule has 0 aliphatic heterocycles. The molecule has 0 aliphatic rings. The Morgan fingerprint density at radius 3 is 2.57 bits per heavy atom. The maximum Gasteiger partial charge on any atom is 0.239 e. The van der Waals surface area contributed by atoms with Gasteiger partial charge in [0, 0.05) is 23.2 Å².